The van der Waals surface area contributed by atoms with Gasteiger partial charge in [-0.15, -0.1) is 0 Å². The molecule has 0 N–H and O–H groups in total. The average Bonchev–Trinajstić information content (AvgIpc) is 2.94. The van der Waals surface area contributed by atoms with Crippen molar-refractivity contribution in [3.05, 3.63) is 95.8 Å². The van der Waals surface area contributed by atoms with E-state index in [4.69, 9.17) is 4.98 Å². The first kappa shape index (κ1) is 13.2. The van der Waals surface area contributed by atoms with E-state index in [1.807, 2.05) is 30.6 Å². The molecule has 1 aliphatic rings. The Bertz CT molecular complexity index is 1100. The lowest BCUT2D eigenvalue weighted by Gasteiger charge is -2.05. The number of fused-ring (bicyclic) bond motifs is 4. The van der Waals surface area contributed by atoms with Crippen LogP contribution in [0.1, 0.15) is 16.7 Å². The summed E-state index contributed by atoms with van der Waals surface area (Å²) < 4.78 is 0. The van der Waals surface area contributed by atoms with Gasteiger partial charge < -0.3 is 0 Å². The van der Waals surface area contributed by atoms with E-state index in [9.17, 15) is 0 Å². The maximum absolute atomic E-state index is 4.94. The quantitative estimate of drug-likeness (QED) is 0.425. The molecule has 2 nitrogen and oxygen atoms in total. The third-order valence-corrected chi connectivity index (χ3v) is 4.50. The van der Waals surface area contributed by atoms with E-state index in [0.29, 0.717) is 0 Å². The Hall–Kier alpha value is -3.26. The van der Waals surface area contributed by atoms with Crippen LogP contribution in [0.5, 0.6) is 0 Å². The topological polar surface area (TPSA) is 25.8 Å². The molecule has 24 heavy (non-hydrogen) atoms. The summed E-state index contributed by atoms with van der Waals surface area (Å²) in [4.78, 5) is 9.04. The van der Waals surface area contributed by atoms with Gasteiger partial charge in [-0.2, -0.15) is 0 Å². The number of hydrogen-bond donors (Lipinski definition) is 0. The molecule has 0 bridgehead atoms. The smallest absolute Gasteiger partial charge is 0.0794 e. The van der Waals surface area contributed by atoms with Crippen LogP contribution in [0.4, 0.5) is 0 Å². The molecule has 2 heterocycles. The monoisotopic (exact) mass is 306 g/mol. The lowest BCUT2D eigenvalue weighted by Crippen LogP contribution is -1.87. The molecule has 5 rings (SSSR count). The summed E-state index contributed by atoms with van der Waals surface area (Å²) in [6.07, 6.45) is 5.88. The maximum atomic E-state index is 4.94. The number of nitrogens with zero attached hydrogens (tertiary/aromatic N) is 2. The first-order valence-corrected chi connectivity index (χ1v) is 8.02. The predicted molar refractivity (Wildman–Crippen MR) is 98.4 cm³/mol. The minimum Gasteiger partial charge on any atom is -0.265 e. The SMILES string of the molecule is C(=C1\c2ccccc2-c2nc3ccccc3cc21)/c1ccncc1. The molecular formula is C22H14N2. The Balaban J connectivity index is 1.83. The van der Waals surface area contributed by atoms with Gasteiger partial charge in [-0.25, -0.2) is 4.98 Å². The van der Waals surface area contributed by atoms with Crippen LogP contribution in [0.3, 0.4) is 0 Å². The van der Waals surface area contributed by atoms with Crippen molar-refractivity contribution in [3.63, 3.8) is 0 Å². The highest BCUT2D eigenvalue weighted by atomic mass is 14.7. The van der Waals surface area contributed by atoms with Crippen LogP contribution >= 0.6 is 0 Å². The van der Waals surface area contributed by atoms with Gasteiger partial charge in [-0.05, 0) is 47.0 Å². The molecule has 2 aromatic carbocycles. The third-order valence-electron chi connectivity index (χ3n) is 4.50. The van der Waals surface area contributed by atoms with Crippen LogP contribution in [0, 0.1) is 0 Å². The second kappa shape index (κ2) is 5.14. The zero-order valence-corrected chi connectivity index (χ0v) is 13.0. The number of para-hydroxylation sites is 1. The van der Waals surface area contributed by atoms with Crippen LogP contribution in [0.25, 0.3) is 33.8 Å². The van der Waals surface area contributed by atoms with Crippen LogP contribution in [0.2, 0.25) is 0 Å². The lowest BCUT2D eigenvalue weighted by molar-refractivity contribution is 1.32. The largest absolute Gasteiger partial charge is 0.265 e. The van der Waals surface area contributed by atoms with Gasteiger partial charge in [0, 0.05) is 28.9 Å². The van der Waals surface area contributed by atoms with Crippen molar-refractivity contribution < 1.29 is 0 Å². The van der Waals surface area contributed by atoms with Crippen molar-refractivity contribution in [2.45, 2.75) is 0 Å². The summed E-state index contributed by atoms with van der Waals surface area (Å²) in [6.45, 7) is 0. The third kappa shape index (κ3) is 1.97. The summed E-state index contributed by atoms with van der Waals surface area (Å²) in [5, 5.41) is 1.17. The molecule has 4 aromatic rings. The number of aromatic nitrogens is 2. The van der Waals surface area contributed by atoms with E-state index in [1.54, 1.807) is 0 Å². The molecular weight excluding hydrogens is 292 g/mol. The highest BCUT2D eigenvalue weighted by Crippen LogP contribution is 2.44. The van der Waals surface area contributed by atoms with Gasteiger partial charge in [0.2, 0.25) is 0 Å². The van der Waals surface area contributed by atoms with Gasteiger partial charge in [-0.3, -0.25) is 4.98 Å². The van der Waals surface area contributed by atoms with E-state index in [-0.39, 0.29) is 0 Å². The van der Waals surface area contributed by atoms with Gasteiger partial charge in [0.15, 0.2) is 0 Å². The Morgan fingerprint density at radius 3 is 2.33 bits per heavy atom. The standard InChI is InChI=1S/C22H14N2/c1-4-8-21-16(5-1)14-20-19(13-15-9-11-23-12-10-15)17-6-2-3-7-18(17)22(20)24-21/h1-14H/b19-13-. The van der Waals surface area contributed by atoms with Crippen molar-refractivity contribution in [2.24, 2.45) is 0 Å². The lowest BCUT2D eigenvalue weighted by atomic mass is 10.0. The minimum atomic E-state index is 1.04. The van der Waals surface area contributed by atoms with Crippen molar-refractivity contribution in [2.75, 3.05) is 0 Å². The van der Waals surface area contributed by atoms with Crippen LogP contribution < -0.4 is 0 Å². The zero-order valence-electron chi connectivity index (χ0n) is 13.0. The normalized spacial score (nSPS) is 13.9. The molecule has 0 radical (unpaired) electrons. The van der Waals surface area contributed by atoms with Gasteiger partial charge >= 0.3 is 0 Å². The number of benzene rings is 2. The molecule has 0 saturated heterocycles. The molecule has 0 spiro atoms. The van der Waals surface area contributed by atoms with Crippen molar-refractivity contribution in [1.29, 1.82) is 0 Å². The fraction of sp³-hybridized carbons (Fsp3) is 0. The molecule has 1 aliphatic carbocycles. The summed E-state index contributed by atoms with van der Waals surface area (Å²) in [6, 6.07) is 23.1. The highest BCUT2D eigenvalue weighted by Gasteiger charge is 2.24. The summed E-state index contributed by atoms with van der Waals surface area (Å²) in [5.74, 6) is 0. The van der Waals surface area contributed by atoms with E-state index in [1.165, 1.54) is 27.6 Å². The number of hydrogen-bond acceptors (Lipinski definition) is 2. The molecule has 2 heteroatoms. The predicted octanol–water partition coefficient (Wildman–Crippen LogP) is 5.20. The molecule has 0 atom stereocenters. The Labute approximate surface area is 140 Å². The molecule has 0 amide bonds. The molecule has 112 valence electrons. The van der Waals surface area contributed by atoms with E-state index in [0.717, 1.165) is 16.8 Å². The number of rotatable bonds is 1. The van der Waals surface area contributed by atoms with E-state index >= 15 is 0 Å². The molecule has 0 saturated carbocycles. The summed E-state index contributed by atoms with van der Waals surface area (Å²) in [7, 11) is 0. The first-order valence-electron chi connectivity index (χ1n) is 8.02. The Kier molecular flexibility index (Phi) is 2.83. The average molecular weight is 306 g/mol. The van der Waals surface area contributed by atoms with E-state index < -0.39 is 0 Å². The zero-order chi connectivity index (χ0) is 15.9. The molecule has 2 aromatic heterocycles. The fourth-order valence-electron chi connectivity index (χ4n) is 3.38. The fourth-order valence-corrected chi connectivity index (χ4v) is 3.38. The van der Waals surface area contributed by atoms with E-state index in [2.05, 4.69) is 59.6 Å². The summed E-state index contributed by atoms with van der Waals surface area (Å²) >= 11 is 0. The second-order valence-corrected chi connectivity index (χ2v) is 5.96. The molecule has 0 unspecified atom stereocenters. The first-order chi connectivity index (χ1) is 11.9. The highest BCUT2D eigenvalue weighted by molar-refractivity contribution is 6.07. The number of pyridine rings is 2. The van der Waals surface area contributed by atoms with Crippen LogP contribution in [-0.4, -0.2) is 9.97 Å². The maximum Gasteiger partial charge on any atom is 0.0794 e. The van der Waals surface area contributed by atoms with Gasteiger partial charge in [0.1, 0.15) is 0 Å². The summed E-state index contributed by atoms with van der Waals surface area (Å²) in [5.41, 5.74) is 8.14. The van der Waals surface area contributed by atoms with Gasteiger partial charge in [0.05, 0.1) is 11.2 Å². The Morgan fingerprint density at radius 1 is 0.708 bits per heavy atom. The van der Waals surface area contributed by atoms with Crippen molar-refractivity contribution in [1.82, 2.24) is 9.97 Å². The van der Waals surface area contributed by atoms with Crippen LogP contribution in [-0.2, 0) is 0 Å². The van der Waals surface area contributed by atoms with Gasteiger partial charge in [0.25, 0.3) is 0 Å². The van der Waals surface area contributed by atoms with Crippen molar-refractivity contribution in [3.8, 4) is 11.3 Å². The Morgan fingerprint density at radius 2 is 1.46 bits per heavy atom. The van der Waals surface area contributed by atoms with Gasteiger partial charge in [-0.1, -0.05) is 42.5 Å². The molecule has 0 aliphatic heterocycles. The minimum absolute atomic E-state index is 1.04. The van der Waals surface area contributed by atoms with Crippen LogP contribution in [0.15, 0.2) is 79.1 Å². The second-order valence-electron chi connectivity index (χ2n) is 5.96. The van der Waals surface area contributed by atoms with Crippen molar-refractivity contribution >= 4 is 22.6 Å². The molecule has 0 fully saturated rings.